The normalized spacial score (nSPS) is 11.1. The standard InChI is InChI=1S/C14H17NO2/c1-9(2)8-17-11-4-5-13-12(7-11)14(16)6-10(3)15-13/h4-7,9H,8H2,1-3H3,(H,15,16). The summed E-state index contributed by atoms with van der Waals surface area (Å²) in [5, 5.41) is 0.678. The molecule has 3 nitrogen and oxygen atoms in total. The van der Waals surface area contributed by atoms with Gasteiger partial charge < -0.3 is 9.72 Å². The number of rotatable bonds is 3. The molecule has 1 N–H and O–H groups in total. The molecule has 0 bridgehead atoms. The maximum Gasteiger partial charge on any atom is 0.189 e. The van der Waals surface area contributed by atoms with Gasteiger partial charge in [0.15, 0.2) is 5.43 Å². The number of pyridine rings is 1. The molecular weight excluding hydrogens is 214 g/mol. The number of benzene rings is 1. The molecule has 0 aliphatic heterocycles. The fourth-order valence-electron chi connectivity index (χ4n) is 1.71. The number of nitrogens with one attached hydrogen (secondary N) is 1. The lowest BCUT2D eigenvalue weighted by molar-refractivity contribution is 0.271. The van der Waals surface area contributed by atoms with E-state index >= 15 is 0 Å². The Morgan fingerprint density at radius 2 is 2.06 bits per heavy atom. The summed E-state index contributed by atoms with van der Waals surface area (Å²) in [5.74, 6) is 1.22. The molecule has 2 aromatic rings. The smallest absolute Gasteiger partial charge is 0.189 e. The fraction of sp³-hybridized carbons (Fsp3) is 0.357. The number of fused-ring (bicyclic) bond motifs is 1. The third kappa shape index (κ3) is 2.67. The number of aromatic nitrogens is 1. The van der Waals surface area contributed by atoms with Crippen LogP contribution in [0, 0.1) is 12.8 Å². The lowest BCUT2D eigenvalue weighted by Gasteiger charge is -2.09. The maximum absolute atomic E-state index is 11.8. The minimum absolute atomic E-state index is 0.0336. The Morgan fingerprint density at radius 1 is 1.29 bits per heavy atom. The molecule has 0 saturated carbocycles. The Balaban J connectivity index is 2.40. The van der Waals surface area contributed by atoms with Crippen molar-refractivity contribution in [1.82, 2.24) is 4.98 Å². The molecule has 0 aliphatic carbocycles. The largest absolute Gasteiger partial charge is 0.493 e. The minimum atomic E-state index is 0.0336. The first-order chi connectivity index (χ1) is 8.06. The molecule has 1 aromatic carbocycles. The highest BCUT2D eigenvalue weighted by Gasteiger charge is 2.03. The highest BCUT2D eigenvalue weighted by Crippen LogP contribution is 2.17. The van der Waals surface area contributed by atoms with Gasteiger partial charge in [-0.15, -0.1) is 0 Å². The van der Waals surface area contributed by atoms with E-state index in [1.165, 1.54) is 0 Å². The molecule has 0 radical (unpaired) electrons. The lowest BCUT2D eigenvalue weighted by atomic mass is 10.2. The number of H-pyrrole nitrogens is 1. The van der Waals surface area contributed by atoms with Crippen molar-refractivity contribution in [3.63, 3.8) is 0 Å². The van der Waals surface area contributed by atoms with E-state index in [0.717, 1.165) is 17.0 Å². The Bertz CT molecular complexity index is 584. The van der Waals surface area contributed by atoms with Gasteiger partial charge in [0.1, 0.15) is 5.75 Å². The molecule has 0 spiro atoms. The molecular formula is C14H17NO2. The van der Waals surface area contributed by atoms with Crippen LogP contribution in [0.5, 0.6) is 5.75 Å². The molecule has 0 unspecified atom stereocenters. The van der Waals surface area contributed by atoms with E-state index in [1.807, 2.05) is 19.1 Å². The fourth-order valence-corrected chi connectivity index (χ4v) is 1.71. The summed E-state index contributed by atoms with van der Waals surface area (Å²) < 4.78 is 5.61. The molecule has 1 heterocycles. The lowest BCUT2D eigenvalue weighted by Crippen LogP contribution is -2.06. The average molecular weight is 231 g/mol. The highest BCUT2D eigenvalue weighted by molar-refractivity contribution is 5.80. The Kier molecular flexibility index (Phi) is 3.18. The number of hydrogen-bond acceptors (Lipinski definition) is 2. The summed E-state index contributed by atoms with van der Waals surface area (Å²) in [4.78, 5) is 15.0. The third-order valence-electron chi connectivity index (χ3n) is 2.52. The van der Waals surface area contributed by atoms with Gasteiger partial charge in [0.25, 0.3) is 0 Å². The van der Waals surface area contributed by atoms with Crippen molar-refractivity contribution in [1.29, 1.82) is 0 Å². The first-order valence-corrected chi connectivity index (χ1v) is 5.83. The van der Waals surface area contributed by atoms with Crippen LogP contribution in [0.4, 0.5) is 0 Å². The van der Waals surface area contributed by atoms with Crippen molar-refractivity contribution >= 4 is 10.9 Å². The van der Waals surface area contributed by atoms with E-state index in [1.54, 1.807) is 12.1 Å². The van der Waals surface area contributed by atoms with Gasteiger partial charge in [0.2, 0.25) is 0 Å². The molecule has 90 valence electrons. The van der Waals surface area contributed by atoms with Crippen molar-refractivity contribution in [2.75, 3.05) is 6.61 Å². The zero-order valence-electron chi connectivity index (χ0n) is 10.4. The molecule has 0 amide bonds. The molecule has 17 heavy (non-hydrogen) atoms. The van der Waals surface area contributed by atoms with Crippen LogP contribution >= 0.6 is 0 Å². The van der Waals surface area contributed by atoms with Crippen LogP contribution in [0.2, 0.25) is 0 Å². The Morgan fingerprint density at radius 3 is 2.76 bits per heavy atom. The van der Waals surface area contributed by atoms with Gasteiger partial charge in [0.05, 0.1) is 6.61 Å². The van der Waals surface area contributed by atoms with Crippen molar-refractivity contribution in [2.24, 2.45) is 5.92 Å². The zero-order chi connectivity index (χ0) is 12.4. The van der Waals surface area contributed by atoms with Crippen molar-refractivity contribution in [3.8, 4) is 5.75 Å². The quantitative estimate of drug-likeness (QED) is 0.882. The van der Waals surface area contributed by atoms with Crippen molar-refractivity contribution in [3.05, 3.63) is 40.2 Å². The van der Waals surface area contributed by atoms with Crippen LogP contribution < -0.4 is 10.2 Å². The Labute approximate surface area is 100 Å². The van der Waals surface area contributed by atoms with E-state index < -0.39 is 0 Å². The van der Waals surface area contributed by atoms with Crippen LogP contribution in [0.25, 0.3) is 10.9 Å². The summed E-state index contributed by atoms with van der Waals surface area (Å²) in [5.41, 5.74) is 1.76. The molecule has 3 heteroatoms. The first kappa shape index (κ1) is 11.7. The van der Waals surface area contributed by atoms with E-state index in [2.05, 4.69) is 18.8 Å². The second-order valence-corrected chi connectivity index (χ2v) is 4.73. The summed E-state index contributed by atoms with van der Waals surface area (Å²) in [6.07, 6.45) is 0. The second kappa shape index (κ2) is 4.62. The van der Waals surface area contributed by atoms with Gasteiger partial charge >= 0.3 is 0 Å². The van der Waals surface area contributed by atoms with Gasteiger partial charge in [-0.25, -0.2) is 0 Å². The summed E-state index contributed by atoms with van der Waals surface area (Å²) >= 11 is 0. The number of ether oxygens (including phenoxy) is 1. The minimum Gasteiger partial charge on any atom is -0.493 e. The highest BCUT2D eigenvalue weighted by atomic mass is 16.5. The summed E-state index contributed by atoms with van der Waals surface area (Å²) in [6, 6.07) is 7.18. The van der Waals surface area contributed by atoms with Gasteiger partial charge in [-0.2, -0.15) is 0 Å². The average Bonchev–Trinajstić information content (AvgIpc) is 2.26. The third-order valence-corrected chi connectivity index (χ3v) is 2.52. The van der Waals surface area contributed by atoms with E-state index in [0.29, 0.717) is 17.9 Å². The molecule has 2 rings (SSSR count). The Hall–Kier alpha value is -1.77. The number of aromatic amines is 1. The van der Waals surface area contributed by atoms with Gasteiger partial charge in [-0.3, -0.25) is 4.79 Å². The monoisotopic (exact) mass is 231 g/mol. The zero-order valence-corrected chi connectivity index (χ0v) is 10.4. The first-order valence-electron chi connectivity index (χ1n) is 5.83. The summed E-state index contributed by atoms with van der Waals surface area (Å²) in [6.45, 7) is 6.73. The van der Waals surface area contributed by atoms with Crippen LogP contribution in [0.3, 0.4) is 0 Å². The number of aryl methyl sites for hydroxylation is 1. The molecule has 0 saturated heterocycles. The van der Waals surface area contributed by atoms with Crippen LogP contribution in [-0.2, 0) is 0 Å². The van der Waals surface area contributed by atoms with Crippen LogP contribution in [0.15, 0.2) is 29.1 Å². The maximum atomic E-state index is 11.8. The predicted molar refractivity (Wildman–Crippen MR) is 69.6 cm³/mol. The molecule has 0 aliphatic rings. The molecule has 0 fully saturated rings. The SMILES string of the molecule is Cc1cc(=O)c2cc(OCC(C)C)ccc2[nH]1. The van der Waals surface area contributed by atoms with Gasteiger partial charge in [-0.1, -0.05) is 13.8 Å². The molecule has 0 atom stereocenters. The van der Waals surface area contributed by atoms with Crippen LogP contribution in [0.1, 0.15) is 19.5 Å². The van der Waals surface area contributed by atoms with E-state index in [4.69, 9.17) is 4.74 Å². The van der Waals surface area contributed by atoms with Crippen molar-refractivity contribution in [2.45, 2.75) is 20.8 Å². The molecule has 1 aromatic heterocycles. The second-order valence-electron chi connectivity index (χ2n) is 4.73. The van der Waals surface area contributed by atoms with Gasteiger partial charge in [-0.05, 0) is 31.0 Å². The van der Waals surface area contributed by atoms with Gasteiger partial charge in [0, 0.05) is 22.7 Å². The van der Waals surface area contributed by atoms with E-state index in [-0.39, 0.29) is 5.43 Å². The summed E-state index contributed by atoms with van der Waals surface area (Å²) in [7, 11) is 0. The van der Waals surface area contributed by atoms with E-state index in [9.17, 15) is 4.79 Å². The predicted octanol–water partition coefficient (Wildman–Crippen LogP) is 2.87. The van der Waals surface area contributed by atoms with Crippen LogP contribution in [-0.4, -0.2) is 11.6 Å². The number of hydrogen-bond donors (Lipinski definition) is 1. The van der Waals surface area contributed by atoms with Crippen molar-refractivity contribution < 1.29 is 4.74 Å². The topological polar surface area (TPSA) is 42.1 Å².